The Bertz CT molecular complexity index is 715. The molecule has 0 fully saturated rings. The normalized spacial score (nSPS) is 12.2. The average Bonchev–Trinajstić information content (AvgIpc) is 2.96. The number of carbonyl (C=O) groups excluding carboxylic acids is 1. The van der Waals surface area contributed by atoms with Crippen molar-refractivity contribution in [3.8, 4) is 0 Å². The molecule has 0 atom stereocenters. The van der Waals surface area contributed by atoms with Crippen LogP contribution in [0.1, 0.15) is 26.6 Å². The standard InChI is InChI=1S/C16H25N7O/c1-16(2,3)14(24)18-8-9-19-15(17-4)20-11-13-22-21-12-7-5-6-10-23(12)13/h5-7,10H,8-9,11H2,1-4H3,(H,18,24)(H2,17,19,20). The number of guanidine groups is 1. The number of hydrogen-bond acceptors (Lipinski definition) is 4. The molecule has 8 nitrogen and oxygen atoms in total. The van der Waals surface area contributed by atoms with Crippen LogP contribution in [0.25, 0.3) is 5.65 Å². The Hall–Kier alpha value is -2.64. The van der Waals surface area contributed by atoms with Crippen LogP contribution in [0, 0.1) is 5.41 Å². The van der Waals surface area contributed by atoms with Crippen LogP contribution in [-0.2, 0) is 11.3 Å². The lowest BCUT2D eigenvalue weighted by molar-refractivity contribution is -0.128. The van der Waals surface area contributed by atoms with E-state index in [-0.39, 0.29) is 11.3 Å². The van der Waals surface area contributed by atoms with Crippen LogP contribution in [-0.4, -0.2) is 46.6 Å². The van der Waals surface area contributed by atoms with Gasteiger partial charge in [-0.25, -0.2) is 0 Å². The molecule has 3 N–H and O–H groups in total. The number of aliphatic imine (C=N–C) groups is 1. The van der Waals surface area contributed by atoms with Crippen molar-refractivity contribution in [2.75, 3.05) is 20.1 Å². The molecule has 0 saturated heterocycles. The molecule has 1 amide bonds. The SMILES string of the molecule is CN=C(NCCNC(=O)C(C)(C)C)NCc1nnc2ccccn12. The van der Waals surface area contributed by atoms with Gasteiger partial charge in [-0.1, -0.05) is 26.8 Å². The average molecular weight is 331 g/mol. The van der Waals surface area contributed by atoms with E-state index in [9.17, 15) is 4.79 Å². The first-order valence-electron chi connectivity index (χ1n) is 7.93. The fourth-order valence-corrected chi connectivity index (χ4v) is 2.02. The number of amides is 1. The third kappa shape index (κ3) is 4.68. The van der Waals surface area contributed by atoms with Crippen molar-refractivity contribution in [1.29, 1.82) is 0 Å². The molecule has 0 aromatic carbocycles. The highest BCUT2D eigenvalue weighted by molar-refractivity contribution is 5.81. The molecule has 24 heavy (non-hydrogen) atoms. The highest BCUT2D eigenvalue weighted by atomic mass is 16.2. The maximum atomic E-state index is 11.8. The molecule has 0 saturated carbocycles. The smallest absolute Gasteiger partial charge is 0.225 e. The molecule has 130 valence electrons. The van der Waals surface area contributed by atoms with Gasteiger partial charge in [0, 0.05) is 31.7 Å². The first kappa shape index (κ1) is 17.7. The molecule has 0 unspecified atom stereocenters. The van der Waals surface area contributed by atoms with E-state index in [4.69, 9.17) is 0 Å². The number of fused-ring (bicyclic) bond motifs is 1. The first-order valence-corrected chi connectivity index (χ1v) is 7.93. The zero-order valence-electron chi connectivity index (χ0n) is 14.6. The van der Waals surface area contributed by atoms with Crippen molar-refractivity contribution in [2.45, 2.75) is 27.3 Å². The maximum Gasteiger partial charge on any atom is 0.225 e. The minimum absolute atomic E-state index is 0.0298. The summed E-state index contributed by atoms with van der Waals surface area (Å²) in [7, 11) is 1.70. The fourth-order valence-electron chi connectivity index (χ4n) is 2.02. The summed E-state index contributed by atoms with van der Waals surface area (Å²) in [6, 6.07) is 5.76. The molecule has 2 heterocycles. The molecule has 2 aromatic heterocycles. The Balaban J connectivity index is 1.78. The van der Waals surface area contributed by atoms with E-state index in [2.05, 4.69) is 31.1 Å². The third-order valence-corrected chi connectivity index (χ3v) is 3.41. The van der Waals surface area contributed by atoms with Crippen molar-refractivity contribution in [1.82, 2.24) is 30.5 Å². The molecule has 0 aliphatic carbocycles. The van der Waals surface area contributed by atoms with Gasteiger partial charge in [-0.3, -0.25) is 14.2 Å². The van der Waals surface area contributed by atoms with Crippen molar-refractivity contribution in [3.63, 3.8) is 0 Å². The number of nitrogens with one attached hydrogen (secondary N) is 3. The summed E-state index contributed by atoms with van der Waals surface area (Å²) in [6.07, 6.45) is 1.92. The van der Waals surface area contributed by atoms with Crippen LogP contribution < -0.4 is 16.0 Å². The first-order chi connectivity index (χ1) is 11.4. The van der Waals surface area contributed by atoms with E-state index < -0.39 is 0 Å². The Kier molecular flexibility index (Phi) is 5.73. The van der Waals surface area contributed by atoms with Crippen molar-refractivity contribution < 1.29 is 4.79 Å². The number of aromatic nitrogens is 3. The Morgan fingerprint density at radius 1 is 1.17 bits per heavy atom. The van der Waals surface area contributed by atoms with Crippen LogP contribution in [0.5, 0.6) is 0 Å². The largest absolute Gasteiger partial charge is 0.355 e. The summed E-state index contributed by atoms with van der Waals surface area (Å²) < 4.78 is 1.92. The van der Waals surface area contributed by atoms with Gasteiger partial charge in [-0.15, -0.1) is 10.2 Å². The lowest BCUT2D eigenvalue weighted by Crippen LogP contribution is -2.43. The van der Waals surface area contributed by atoms with Gasteiger partial charge >= 0.3 is 0 Å². The van der Waals surface area contributed by atoms with E-state index in [1.165, 1.54) is 0 Å². The van der Waals surface area contributed by atoms with Crippen LogP contribution in [0.3, 0.4) is 0 Å². The Morgan fingerprint density at radius 2 is 1.92 bits per heavy atom. The molecule has 0 bridgehead atoms. The number of hydrogen-bond donors (Lipinski definition) is 3. The monoisotopic (exact) mass is 331 g/mol. The minimum atomic E-state index is -0.380. The topological polar surface area (TPSA) is 95.7 Å². The zero-order chi connectivity index (χ0) is 17.6. The van der Waals surface area contributed by atoms with E-state index >= 15 is 0 Å². The molecule has 0 spiro atoms. The molecule has 0 aliphatic rings. The summed E-state index contributed by atoms with van der Waals surface area (Å²) in [5.74, 6) is 1.48. The van der Waals surface area contributed by atoms with Crippen LogP contribution in [0.4, 0.5) is 0 Å². The summed E-state index contributed by atoms with van der Waals surface area (Å²) in [6.45, 7) is 7.28. The second-order valence-electron chi connectivity index (χ2n) is 6.40. The van der Waals surface area contributed by atoms with Gasteiger partial charge in [0.2, 0.25) is 5.91 Å². The Labute approximate surface area is 141 Å². The highest BCUT2D eigenvalue weighted by Crippen LogP contribution is 2.11. The van der Waals surface area contributed by atoms with Gasteiger partial charge in [0.15, 0.2) is 17.4 Å². The van der Waals surface area contributed by atoms with Gasteiger partial charge < -0.3 is 16.0 Å². The predicted molar refractivity (Wildman–Crippen MR) is 93.7 cm³/mol. The van der Waals surface area contributed by atoms with Gasteiger partial charge in [-0.2, -0.15) is 0 Å². The molecular weight excluding hydrogens is 306 g/mol. The second kappa shape index (κ2) is 7.76. The molecular formula is C16H25N7O. The van der Waals surface area contributed by atoms with Gasteiger partial charge in [0.25, 0.3) is 0 Å². The van der Waals surface area contributed by atoms with E-state index in [0.29, 0.717) is 25.6 Å². The highest BCUT2D eigenvalue weighted by Gasteiger charge is 2.20. The molecule has 2 aromatic rings. The predicted octanol–water partition coefficient (Wildman–Crippen LogP) is 0.557. The van der Waals surface area contributed by atoms with Crippen LogP contribution in [0.2, 0.25) is 0 Å². The fraction of sp³-hybridized carbons (Fsp3) is 0.500. The number of rotatable bonds is 5. The second-order valence-corrected chi connectivity index (χ2v) is 6.40. The van der Waals surface area contributed by atoms with Gasteiger partial charge in [0.1, 0.15) is 0 Å². The molecule has 8 heteroatoms. The third-order valence-electron chi connectivity index (χ3n) is 3.41. The zero-order valence-corrected chi connectivity index (χ0v) is 14.6. The summed E-state index contributed by atoms with van der Waals surface area (Å²) >= 11 is 0. The van der Waals surface area contributed by atoms with E-state index in [1.54, 1.807) is 7.05 Å². The molecule has 2 rings (SSSR count). The van der Waals surface area contributed by atoms with Crippen molar-refractivity contribution in [2.24, 2.45) is 10.4 Å². The quantitative estimate of drug-likeness (QED) is 0.423. The van der Waals surface area contributed by atoms with Crippen molar-refractivity contribution in [3.05, 3.63) is 30.2 Å². The van der Waals surface area contributed by atoms with Crippen LogP contribution >= 0.6 is 0 Å². The minimum Gasteiger partial charge on any atom is -0.355 e. The summed E-state index contributed by atoms with van der Waals surface area (Å²) in [4.78, 5) is 15.9. The van der Waals surface area contributed by atoms with Crippen LogP contribution in [0.15, 0.2) is 29.4 Å². The van der Waals surface area contributed by atoms with Crippen molar-refractivity contribution >= 4 is 17.5 Å². The maximum absolute atomic E-state index is 11.8. The Morgan fingerprint density at radius 3 is 2.62 bits per heavy atom. The lowest BCUT2D eigenvalue weighted by Gasteiger charge is -2.18. The van der Waals surface area contributed by atoms with E-state index in [1.807, 2.05) is 49.6 Å². The number of pyridine rings is 1. The molecule has 0 aliphatic heterocycles. The number of carbonyl (C=O) groups is 1. The van der Waals surface area contributed by atoms with E-state index in [0.717, 1.165) is 11.5 Å². The van der Waals surface area contributed by atoms with Gasteiger partial charge in [-0.05, 0) is 12.1 Å². The summed E-state index contributed by atoms with van der Waals surface area (Å²) in [5.41, 5.74) is 0.427. The number of nitrogens with zero attached hydrogens (tertiary/aromatic N) is 4. The lowest BCUT2D eigenvalue weighted by atomic mass is 9.96. The summed E-state index contributed by atoms with van der Waals surface area (Å²) in [5, 5.41) is 17.5. The molecule has 0 radical (unpaired) electrons. The van der Waals surface area contributed by atoms with Gasteiger partial charge in [0.05, 0.1) is 6.54 Å².